The molecule has 124 valence electrons. The Morgan fingerprint density at radius 2 is 1.88 bits per heavy atom. The lowest BCUT2D eigenvalue weighted by Gasteiger charge is -2.09. The van der Waals surface area contributed by atoms with E-state index in [1.807, 2.05) is 37.3 Å². The molecule has 0 amide bonds. The molecule has 0 saturated heterocycles. The molecule has 1 aromatic carbocycles. The first-order valence-electron chi connectivity index (χ1n) is 7.58. The van der Waals surface area contributed by atoms with E-state index in [1.165, 1.54) is 6.07 Å². The minimum atomic E-state index is -0.563. The van der Waals surface area contributed by atoms with Crippen LogP contribution >= 0.6 is 0 Å². The summed E-state index contributed by atoms with van der Waals surface area (Å²) >= 11 is 0. The molecule has 4 aromatic rings. The van der Waals surface area contributed by atoms with E-state index in [4.69, 9.17) is 4.74 Å². The molecule has 0 spiro atoms. The number of hydrogen-bond acceptors (Lipinski definition) is 6. The maximum absolute atomic E-state index is 11.3. The molecule has 0 aliphatic rings. The third kappa shape index (κ3) is 2.53. The highest BCUT2D eigenvalue weighted by atomic mass is 16.6. The molecule has 0 atom stereocenters. The number of aryl methyl sites for hydroxylation is 2. The average Bonchev–Trinajstić information content (AvgIpc) is 2.97. The van der Waals surface area contributed by atoms with Gasteiger partial charge < -0.3 is 14.9 Å². The highest BCUT2D eigenvalue weighted by Crippen LogP contribution is 2.33. The minimum Gasteiger partial charge on any atom is -0.429 e. The van der Waals surface area contributed by atoms with Crippen LogP contribution in [0.2, 0.25) is 0 Å². The van der Waals surface area contributed by atoms with Crippen LogP contribution < -0.4 is 4.74 Å². The van der Waals surface area contributed by atoms with Crippen molar-refractivity contribution in [2.75, 3.05) is 0 Å². The summed E-state index contributed by atoms with van der Waals surface area (Å²) in [5, 5.41) is 16.4. The fourth-order valence-corrected chi connectivity index (χ4v) is 2.67. The van der Waals surface area contributed by atoms with Crippen molar-refractivity contribution in [3.63, 3.8) is 0 Å². The van der Waals surface area contributed by atoms with E-state index in [0.29, 0.717) is 16.7 Å². The standard InChI is InChI=1S/C17H13N5O3/c1-10-7-8-14(16(18-10)22(23)24)25-17-12-5-3-4-6-13(12)21-15(19-17)9-11(2)20-21/h3-9H,1-2H3. The number of nitro groups is 1. The molecule has 8 heteroatoms. The summed E-state index contributed by atoms with van der Waals surface area (Å²) in [6.45, 7) is 3.56. The number of hydrogen-bond donors (Lipinski definition) is 0. The first-order valence-corrected chi connectivity index (χ1v) is 7.58. The molecular weight excluding hydrogens is 322 g/mol. The molecule has 3 aromatic heterocycles. The average molecular weight is 335 g/mol. The second kappa shape index (κ2) is 5.52. The number of ether oxygens (including phenoxy) is 1. The molecule has 0 aliphatic heterocycles. The zero-order valence-electron chi connectivity index (χ0n) is 13.5. The number of fused-ring (bicyclic) bond motifs is 3. The fraction of sp³-hybridized carbons (Fsp3) is 0.118. The maximum Gasteiger partial charge on any atom is 0.407 e. The molecule has 0 radical (unpaired) electrons. The Bertz CT molecular complexity index is 1140. The van der Waals surface area contributed by atoms with Crippen LogP contribution in [0.1, 0.15) is 11.4 Å². The van der Waals surface area contributed by atoms with Crippen LogP contribution in [0.3, 0.4) is 0 Å². The number of rotatable bonds is 3. The Hall–Kier alpha value is -3.55. The quantitative estimate of drug-likeness (QED) is 0.419. The summed E-state index contributed by atoms with van der Waals surface area (Å²) < 4.78 is 7.52. The predicted molar refractivity (Wildman–Crippen MR) is 90.9 cm³/mol. The van der Waals surface area contributed by atoms with Gasteiger partial charge in [-0.25, -0.2) is 4.52 Å². The molecule has 3 heterocycles. The van der Waals surface area contributed by atoms with E-state index in [-0.39, 0.29) is 17.4 Å². The van der Waals surface area contributed by atoms with Crippen LogP contribution in [-0.2, 0) is 0 Å². The van der Waals surface area contributed by atoms with Gasteiger partial charge in [0.2, 0.25) is 11.6 Å². The summed E-state index contributed by atoms with van der Waals surface area (Å²) in [6.07, 6.45) is 0. The van der Waals surface area contributed by atoms with Gasteiger partial charge in [0.05, 0.1) is 16.6 Å². The molecule has 0 fully saturated rings. The maximum atomic E-state index is 11.3. The highest BCUT2D eigenvalue weighted by molar-refractivity contribution is 5.86. The number of para-hydroxylation sites is 1. The Morgan fingerprint density at radius 3 is 2.68 bits per heavy atom. The van der Waals surface area contributed by atoms with E-state index in [9.17, 15) is 10.1 Å². The lowest BCUT2D eigenvalue weighted by Crippen LogP contribution is -2.01. The van der Waals surface area contributed by atoms with Crippen LogP contribution in [-0.4, -0.2) is 24.5 Å². The van der Waals surface area contributed by atoms with Gasteiger partial charge in [0, 0.05) is 13.0 Å². The van der Waals surface area contributed by atoms with E-state index in [0.717, 1.165) is 11.2 Å². The third-order valence-corrected chi connectivity index (χ3v) is 3.75. The molecule has 25 heavy (non-hydrogen) atoms. The van der Waals surface area contributed by atoms with Crippen molar-refractivity contribution in [1.29, 1.82) is 0 Å². The molecule has 0 N–H and O–H groups in total. The van der Waals surface area contributed by atoms with Gasteiger partial charge in [0.1, 0.15) is 5.69 Å². The Morgan fingerprint density at radius 1 is 1.08 bits per heavy atom. The van der Waals surface area contributed by atoms with Crippen molar-refractivity contribution in [1.82, 2.24) is 19.6 Å². The van der Waals surface area contributed by atoms with E-state index < -0.39 is 4.92 Å². The molecular formula is C17H13N5O3. The van der Waals surface area contributed by atoms with Crippen molar-refractivity contribution in [2.45, 2.75) is 13.8 Å². The number of nitrogens with zero attached hydrogens (tertiary/aromatic N) is 5. The lowest BCUT2D eigenvalue weighted by molar-refractivity contribution is -0.390. The number of pyridine rings is 1. The highest BCUT2D eigenvalue weighted by Gasteiger charge is 2.20. The third-order valence-electron chi connectivity index (χ3n) is 3.75. The SMILES string of the molecule is Cc1ccc(Oc2nc3cc(C)nn3c3ccccc23)c([N+](=O)[O-])n1. The van der Waals surface area contributed by atoms with Crippen LogP contribution in [0.25, 0.3) is 16.6 Å². The van der Waals surface area contributed by atoms with Crippen LogP contribution in [0.15, 0.2) is 42.5 Å². The molecule has 0 unspecified atom stereocenters. The number of aromatic nitrogens is 4. The molecule has 0 saturated carbocycles. The minimum absolute atomic E-state index is 0.0499. The molecule has 8 nitrogen and oxygen atoms in total. The van der Waals surface area contributed by atoms with Gasteiger partial charge in [-0.1, -0.05) is 12.1 Å². The normalized spacial score (nSPS) is 11.1. The van der Waals surface area contributed by atoms with Crippen LogP contribution in [0.5, 0.6) is 11.6 Å². The van der Waals surface area contributed by atoms with Gasteiger partial charge in [-0.2, -0.15) is 10.1 Å². The summed E-state index contributed by atoms with van der Waals surface area (Å²) in [5.41, 5.74) is 2.77. The van der Waals surface area contributed by atoms with Crippen molar-refractivity contribution in [3.05, 3.63) is 64.0 Å². The molecule has 0 bridgehead atoms. The Labute approximate surface area is 141 Å². The van der Waals surface area contributed by atoms with Crippen molar-refractivity contribution < 1.29 is 9.66 Å². The Kier molecular flexibility index (Phi) is 3.31. The zero-order chi connectivity index (χ0) is 17.6. The second-order valence-corrected chi connectivity index (χ2v) is 5.62. The smallest absolute Gasteiger partial charge is 0.407 e. The largest absolute Gasteiger partial charge is 0.429 e. The lowest BCUT2D eigenvalue weighted by atomic mass is 10.2. The van der Waals surface area contributed by atoms with Crippen molar-refractivity contribution >= 4 is 22.4 Å². The van der Waals surface area contributed by atoms with Crippen LogP contribution in [0.4, 0.5) is 5.82 Å². The topological polar surface area (TPSA) is 95.5 Å². The summed E-state index contributed by atoms with van der Waals surface area (Å²) in [5.74, 6) is -0.0129. The Balaban J connectivity index is 1.94. The summed E-state index contributed by atoms with van der Waals surface area (Å²) in [4.78, 5) is 19.1. The first kappa shape index (κ1) is 15.0. The summed E-state index contributed by atoms with van der Waals surface area (Å²) in [6, 6.07) is 12.5. The van der Waals surface area contributed by atoms with E-state index in [2.05, 4.69) is 15.1 Å². The summed E-state index contributed by atoms with van der Waals surface area (Å²) in [7, 11) is 0. The predicted octanol–water partition coefficient (Wildman–Crippen LogP) is 3.59. The van der Waals surface area contributed by atoms with E-state index in [1.54, 1.807) is 17.5 Å². The van der Waals surface area contributed by atoms with Gasteiger partial charge >= 0.3 is 5.82 Å². The number of benzene rings is 1. The molecule has 4 rings (SSSR count). The van der Waals surface area contributed by atoms with Gasteiger partial charge in [-0.3, -0.25) is 0 Å². The molecule has 0 aliphatic carbocycles. The van der Waals surface area contributed by atoms with Gasteiger partial charge in [-0.15, -0.1) is 0 Å². The van der Waals surface area contributed by atoms with Crippen molar-refractivity contribution in [2.24, 2.45) is 0 Å². The van der Waals surface area contributed by atoms with Gasteiger partial charge in [-0.05, 0) is 41.1 Å². The van der Waals surface area contributed by atoms with E-state index >= 15 is 0 Å². The second-order valence-electron chi connectivity index (χ2n) is 5.62. The van der Waals surface area contributed by atoms with Gasteiger partial charge in [0.15, 0.2) is 5.65 Å². The monoisotopic (exact) mass is 335 g/mol. The van der Waals surface area contributed by atoms with Crippen LogP contribution in [0, 0.1) is 24.0 Å². The van der Waals surface area contributed by atoms with Crippen molar-refractivity contribution in [3.8, 4) is 11.6 Å². The zero-order valence-corrected chi connectivity index (χ0v) is 13.5. The van der Waals surface area contributed by atoms with Gasteiger partial charge in [0.25, 0.3) is 0 Å². The fourth-order valence-electron chi connectivity index (χ4n) is 2.67. The first-order chi connectivity index (χ1) is 12.0.